The molecular formula is C58H45N3Si. The highest BCUT2D eigenvalue weighted by Crippen LogP contribution is 2.41. The van der Waals surface area contributed by atoms with Crippen LogP contribution in [0.1, 0.15) is 20.8 Å². The molecule has 0 atom stereocenters. The van der Waals surface area contributed by atoms with E-state index in [-0.39, 0.29) is 5.04 Å². The maximum atomic E-state index is 2.56. The van der Waals surface area contributed by atoms with E-state index in [1.54, 1.807) is 0 Å². The molecule has 12 aromatic rings. The fourth-order valence-corrected chi connectivity index (χ4v) is 16.7. The van der Waals surface area contributed by atoms with Gasteiger partial charge >= 0.3 is 0 Å². The molecule has 0 saturated carbocycles. The number of benzene rings is 9. The summed E-state index contributed by atoms with van der Waals surface area (Å²) >= 11 is 0. The lowest BCUT2D eigenvalue weighted by Gasteiger charge is -2.44. The van der Waals surface area contributed by atoms with Crippen LogP contribution in [0.15, 0.2) is 218 Å². The van der Waals surface area contributed by atoms with E-state index in [2.05, 4.69) is 253 Å². The van der Waals surface area contributed by atoms with Gasteiger partial charge in [-0.3, -0.25) is 0 Å². The maximum Gasteiger partial charge on any atom is 0.153 e. The zero-order valence-corrected chi connectivity index (χ0v) is 36.1. The van der Waals surface area contributed by atoms with Crippen LogP contribution in [0.4, 0.5) is 0 Å². The molecule has 0 bridgehead atoms. The first kappa shape index (κ1) is 36.4. The van der Waals surface area contributed by atoms with Crippen LogP contribution >= 0.6 is 0 Å². The van der Waals surface area contributed by atoms with Gasteiger partial charge in [0, 0.05) is 49.4 Å². The Morgan fingerprint density at radius 2 is 0.645 bits per heavy atom. The number of para-hydroxylation sites is 4. The van der Waals surface area contributed by atoms with E-state index in [0.29, 0.717) is 0 Å². The van der Waals surface area contributed by atoms with Gasteiger partial charge in [0.1, 0.15) is 0 Å². The number of nitrogens with zero attached hydrogens (tertiary/aromatic N) is 3. The van der Waals surface area contributed by atoms with Gasteiger partial charge in [-0.15, -0.1) is 0 Å². The van der Waals surface area contributed by atoms with Crippen LogP contribution in [0.5, 0.6) is 0 Å². The van der Waals surface area contributed by atoms with Crippen LogP contribution in [-0.2, 0) is 0 Å². The van der Waals surface area contributed by atoms with Gasteiger partial charge in [-0.05, 0) is 93.4 Å². The molecule has 0 amide bonds. The normalized spacial score (nSPS) is 12.4. The lowest BCUT2D eigenvalue weighted by atomic mass is 10.1. The lowest BCUT2D eigenvalue weighted by molar-refractivity contribution is 0.739. The summed E-state index contributed by atoms with van der Waals surface area (Å²) < 4.78 is 7.38. The first-order valence-electron chi connectivity index (χ1n) is 21.7. The van der Waals surface area contributed by atoms with Crippen molar-refractivity contribution in [3.05, 3.63) is 218 Å². The largest absolute Gasteiger partial charge is 0.309 e. The van der Waals surface area contributed by atoms with E-state index in [1.165, 1.54) is 81.0 Å². The summed E-state index contributed by atoms with van der Waals surface area (Å²) in [6, 6.07) is 81.5. The van der Waals surface area contributed by atoms with Gasteiger partial charge in [-0.25, -0.2) is 0 Å². The SMILES string of the molecule is CC(C)(C)[Si](c1ccccc1)(c1ccccc1)c1ccc2c3cc(-n4c5ccccc5c5ccccc54)ccc3n(-c3ccc4c(c3)c3ccccc3n4-c3ccccc3)c2c1. The van der Waals surface area contributed by atoms with Crippen LogP contribution in [0.2, 0.25) is 5.04 Å². The molecule has 62 heavy (non-hydrogen) atoms. The number of aromatic nitrogens is 3. The molecule has 0 spiro atoms. The molecule has 0 aliphatic rings. The van der Waals surface area contributed by atoms with Crippen molar-refractivity contribution in [2.75, 3.05) is 0 Å². The molecule has 12 rings (SSSR count). The summed E-state index contributed by atoms with van der Waals surface area (Å²) in [5.41, 5.74) is 10.7. The third kappa shape index (κ3) is 5.23. The van der Waals surface area contributed by atoms with Crippen LogP contribution in [0.25, 0.3) is 82.5 Å². The fraction of sp³-hybridized carbons (Fsp3) is 0.0690. The minimum atomic E-state index is -2.67. The van der Waals surface area contributed by atoms with Crippen LogP contribution in [0, 0.1) is 0 Å². The Hall–Kier alpha value is -7.40. The summed E-state index contributed by atoms with van der Waals surface area (Å²) in [6.07, 6.45) is 0. The Bertz CT molecular complexity index is 3570. The van der Waals surface area contributed by atoms with Crippen molar-refractivity contribution in [2.45, 2.75) is 25.8 Å². The third-order valence-electron chi connectivity index (χ3n) is 13.5. The maximum absolute atomic E-state index is 2.67. The molecule has 0 aliphatic carbocycles. The third-order valence-corrected chi connectivity index (χ3v) is 19.3. The fourth-order valence-electron chi connectivity index (χ4n) is 11.0. The van der Waals surface area contributed by atoms with E-state index >= 15 is 0 Å². The predicted octanol–water partition coefficient (Wildman–Crippen LogP) is 13.2. The van der Waals surface area contributed by atoms with E-state index in [0.717, 1.165) is 17.1 Å². The molecule has 296 valence electrons. The van der Waals surface area contributed by atoms with Gasteiger partial charge in [0.05, 0.1) is 33.1 Å². The van der Waals surface area contributed by atoms with Crippen molar-refractivity contribution in [2.24, 2.45) is 0 Å². The summed E-state index contributed by atoms with van der Waals surface area (Å²) in [5.74, 6) is 0. The van der Waals surface area contributed by atoms with E-state index < -0.39 is 8.07 Å². The highest BCUT2D eigenvalue weighted by molar-refractivity contribution is 7.13. The van der Waals surface area contributed by atoms with E-state index in [4.69, 9.17) is 0 Å². The van der Waals surface area contributed by atoms with Crippen molar-refractivity contribution in [1.29, 1.82) is 0 Å². The van der Waals surface area contributed by atoms with Gasteiger partial charge in [-0.1, -0.05) is 166 Å². The summed E-state index contributed by atoms with van der Waals surface area (Å²) in [7, 11) is -2.67. The Labute approximate surface area is 362 Å². The average molecular weight is 812 g/mol. The van der Waals surface area contributed by atoms with E-state index in [9.17, 15) is 0 Å². The molecule has 0 radical (unpaired) electrons. The Morgan fingerprint density at radius 3 is 1.13 bits per heavy atom. The zero-order valence-electron chi connectivity index (χ0n) is 35.1. The van der Waals surface area contributed by atoms with Crippen molar-refractivity contribution in [3.63, 3.8) is 0 Å². The van der Waals surface area contributed by atoms with Crippen molar-refractivity contribution in [3.8, 4) is 17.1 Å². The van der Waals surface area contributed by atoms with Crippen LogP contribution in [-0.4, -0.2) is 21.8 Å². The van der Waals surface area contributed by atoms with Gasteiger partial charge in [0.25, 0.3) is 0 Å². The number of fused-ring (bicyclic) bond motifs is 9. The van der Waals surface area contributed by atoms with Gasteiger partial charge in [0.15, 0.2) is 8.07 Å². The highest BCUT2D eigenvalue weighted by Gasteiger charge is 2.49. The highest BCUT2D eigenvalue weighted by atomic mass is 28.3. The number of hydrogen-bond acceptors (Lipinski definition) is 0. The summed E-state index contributed by atoms with van der Waals surface area (Å²) in [5, 5.41) is 11.7. The monoisotopic (exact) mass is 811 g/mol. The molecule has 0 N–H and O–H groups in total. The zero-order chi connectivity index (χ0) is 41.6. The Balaban J connectivity index is 1.18. The second kappa shape index (κ2) is 13.8. The molecule has 0 aliphatic heterocycles. The molecule has 0 saturated heterocycles. The van der Waals surface area contributed by atoms with Crippen molar-refractivity contribution < 1.29 is 0 Å². The molecular weight excluding hydrogens is 767 g/mol. The van der Waals surface area contributed by atoms with Crippen molar-refractivity contribution in [1.82, 2.24) is 13.7 Å². The molecule has 9 aromatic carbocycles. The molecule has 0 fully saturated rings. The molecule has 3 aromatic heterocycles. The topological polar surface area (TPSA) is 14.8 Å². The second-order valence-corrected chi connectivity index (χ2v) is 22.5. The smallest absolute Gasteiger partial charge is 0.153 e. The standard InChI is InChI=1S/C58H45N3Si/c1-58(2,3)62(43-21-9-5-10-22-43,44-23-11-6-12-24-44)45-33-34-49-51-37-41(60-52-28-16-13-25-46(52)47-26-14-17-29-53(47)60)31-36-56(51)61(57(49)39-45)42-32-35-55-50(38-42)48-27-15-18-30-54(48)59(55)40-19-7-4-8-20-40/h4-39H,1-3H3. The minimum absolute atomic E-state index is 0.0535. The number of rotatable bonds is 6. The van der Waals surface area contributed by atoms with Crippen LogP contribution < -0.4 is 15.6 Å². The molecule has 4 heteroatoms. The van der Waals surface area contributed by atoms with E-state index in [1.807, 2.05) is 0 Å². The molecule has 3 nitrogen and oxygen atoms in total. The van der Waals surface area contributed by atoms with Crippen LogP contribution in [0.3, 0.4) is 0 Å². The predicted molar refractivity (Wildman–Crippen MR) is 267 cm³/mol. The second-order valence-electron chi connectivity index (χ2n) is 17.8. The molecule has 3 heterocycles. The van der Waals surface area contributed by atoms with Gasteiger partial charge < -0.3 is 13.7 Å². The summed E-state index contributed by atoms with van der Waals surface area (Å²) in [6.45, 7) is 7.36. The quantitative estimate of drug-likeness (QED) is 0.117. The Kier molecular flexibility index (Phi) is 8.12. The first-order chi connectivity index (χ1) is 30.4. The average Bonchev–Trinajstić information content (AvgIpc) is 3.95. The van der Waals surface area contributed by atoms with Crippen molar-refractivity contribution >= 4 is 89.1 Å². The minimum Gasteiger partial charge on any atom is -0.309 e. The first-order valence-corrected chi connectivity index (χ1v) is 23.7. The van der Waals surface area contributed by atoms with Gasteiger partial charge in [-0.2, -0.15) is 0 Å². The Morgan fingerprint density at radius 1 is 0.274 bits per heavy atom. The lowest BCUT2D eigenvalue weighted by Crippen LogP contribution is -2.72. The van der Waals surface area contributed by atoms with Gasteiger partial charge in [0.2, 0.25) is 0 Å². The summed E-state index contributed by atoms with van der Waals surface area (Å²) in [4.78, 5) is 0. The molecule has 0 unspecified atom stereocenters. The number of hydrogen-bond donors (Lipinski definition) is 0.